The smallest absolute Gasteiger partial charge is 0.407 e. The highest BCUT2D eigenvalue weighted by Gasteiger charge is 2.67. The number of aliphatic hydroxyl groups excluding tert-OH is 1. The van der Waals surface area contributed by atoms with E-state index in [0.717, 1.165) is 0 Å². The molecule has 0 aliphatic carbocycles. The topological polar surface area (TPSA) is 143 Å². The molecule has 1 atom stereocenters. The second kappa shape index (κ2) is 3.21. The molecule has 0 aromatic heterocycles. The Kier molecular flexibility index (Phi) is 2.38. The number of hydrogen-bond donors (Lipinski definition) is 3. The molecule has 3 N–H and O–H groups in total. The summed E-state index contributed by atoms with van der Waals surface area (Å²) in [5.74, 6) is -7.38. The third kappa shape index (κ3) is 1.79. The SMILES string of the molecule is O=C(OOC(=O)C1(O)OC1=O)C(O)O. The molecule has 0 saturated carbocycles. The highest BCUT2D eigenvalue weighted by atomic mass is 17.2. The maximum Gasteiger partial charge on any atom is 0.439 e. The molecule has 78 valence electrons. The maximum atomic E-state index is 10.6. The van der Waals surface area contributed by atoms with E-state index in [9.17, 15) is 14.4 Å². The van der Waals surface area contributed by atoms with Gasteiger partial charge in [-0.3, -0.25) is 0 Å². The molecule has 0 spiro atoms. The van der Waals surface area contributed by atoms with Crippen molar-refractivity contribution in [3.63, 3.8) is 0 Å². The zero-order valence-electron chi connectivity index (χ0n) is 6.37. The van der Waals surface area contributed by atoms with Crippen molar-refractivity contribution in [2.75, 3.05) is 0 Å². The van der Waals surface area contributed by atoms with E-state index in [1.807, 2.05) is 0 Å². The van der Waals surface area contributed by atoms with Gasteiger partial charge in [0.15, 0.2) is 0 Å². The average molecular weight is 208 g/mol. The first-order valence-corrected chi connectivity index (χ1v) is 3.12. The van der Waals surface area contributed by atoms with Crippen LogP contribution in [-0.2, 0) is 28.9 Å². The molecule has 0 aromatic carbocycles. The highest BCUT2D eigenvalue weighted by molar-refractivity contribution is 6.11. The van der Waals surface area contributed by atoms with Gasteiger partial charge in [-0.25, -0.2) is 24.2 Å². The number of carbonyl (C=O) groups excluding carboxylic acids is 3. The zero-order valence-corrected chi connectivity index (χ0v) is 6.37. The van der Waals surface area contributed by atoms with Gasteiger partial charge < -0.3 is 20.1 Å². The summed E-state index contributed by atoms with van der Waals surface area (Å²) in [6.45, 7) is 0. The Morgan fingerprint density at radius 3 is 2.21 bits per heavy atom. The lowest BCUT2D eigenvalue weighted by Gasteiger charge is -2.03. The summed E-state index contributed by atoms with van der Waals surface area (Å²) in [5, 5.41) is 25.0. The van der Waals surface area contributed by atoms with E-state index in [-0.39, 0.29) is 0 Å². The van der Waals surface area contributed by atoms with Crippen molar-refractivity contribution in [1.82, 2.24) is 0 Å². The number of rotatable bonds is 2. The fourth-order valence-corrected chi connectivity index (χ4v) is 0.412. The molecule has 0 radical (unpaired) electrons. The number of ether oxygens (including phenoxy) is 1. The molecule has 0 bridgehead atoms. The second-order valence-electron chi connectivity index (χ2n) is 2.18. The quantitative estimate of drug-likeness (QED) is 0.139. The summed E-state index contributed by atoms with van der Waals surface area (Å²) in [4.78, 5) is 38.1. The average Bonchev–Trinajstić information content (AvgIpc) is 2.71. The first-order valence-electron chi connectivity index (χ1n) is 3.12. The van der Waals surface area contributed by atoms with Gasteiger partial charge in [-0.2, -0.15) is 0 Å². The van der Waals surface area contributed by atoms with Crippen molar-refractivity contribution >= 4 is 17.9 Å². The summed E-state index contributed by atoms with van der Waals surface area (Å²) in [6.07, 6.45) is -2.49. The van der Waals surface area contributed by atoms with Crippen LogP contribution < -0.4 is 0 Å². The van der Waals surface area contributed by atoms with Crippen molar-refractivity contribution in [3.05, 3.63) is 0 Å². The molecule has 1 heterocycles. The van der Waals surface area contributed by atoms with Gasteiger partial charge in [0.25, 0.3) is 6.29 Å². The van der Waals surface area contributed by atoms with Gasteiger partial charge in [0.05, 0.1) is 0 Å². The van der Waals surface area contributed by atoms with Gasteiger partial charge in [-0.1, -0.05) is 0 Å². The van der Waals surface area contributed by atoms with E-state index < -0.39 is 30.0 Å². The fourth-order valence-electron chi connectivity index (χ4n) is 0.412. The van der Waals surface area contributed by atoms with Crippen LogP contribution in [0.25, 0.3) is 0 Å². The van der Waals surface area contributed by atoms with Gasteiger partial charge in [0.2, 0.25) is 0 Å². The highest BCUT2D eigenvalue weighted by Crippen LogP contribution is 2.26. The molecule has 1 rings (SSSR count). The van der Waals surface area contributed by atoms with Crippen molar-refractivity contribution < 1.29 is 44.2 Å². The van der Waals surface area contributed by atoms with E-state index >= 15 is 0 Å². The monoisotopic (exact) mass is 208 g/mol. The van der Waals surface area contributed by atoms with Crippen molar-refractivity contribution in [2.45, 2.75) is 12.1 Å². The lowest BCUT2D eigenvalue weighted by Crippen LogP contribution is -2.31. The first kappa shape index (κ1) is 10.4. The minimum atomic E-state index is -2.75. The Labute approximate surface area is 75.3 Å². The third-order valence-electron chi connectivity index (χ3n) is 1.16. The Morgan fingerprint density at radius 1 is 1.36 bits per heavy atom. The molecule has 1 aliphatic heterocycles. The van der Waals surface area contributed by atoms with Crippen molar-refractivity contribution in [1.29, 1.82) is 0 Å². The minimum Gasteiger partial charge on any atom is -0.407 e. The molecular weight excluding hydrogens is 204 g/mol. The van der Waals surface area contributed by atoms with Crippen molar-refractivity contribution in [3.8, 4) is 0 Å². The van der Waals surface area contributed by atoms with E-state index in [1.54, 1.807) is 0 Å². The van der Waals surface area contributed by atoms with Crippen LogP contribution in [0.4, 0.5) is 0 Å². The van der Waals surface area contributed by atoms with E-state index in [2.05, 4.69) is 14.5 Å². The third-order valence-corrected chi connectivity index (χ3v) is 1.16. The molecule has 1 fully saturated rings. The molecule has 1 aliphatic rings. The van der Waals surface area contributed by atoms with Gasteiger partial charge in [0.1, 0.15) is 0 Å². The lowest BCUT2D eigenvalue weighted by molar-refractivity contribution is -0.281. The van der Waals surface area contributed by atoms with Gasteiger partial charge in [-0.15, -0.1) is 0 Å². The van der Waals surface area contributed by atoms with Crippen LogP contribution in [0, 0.1) is 0 Å². The first-order chi connectivity index (χ1) is 6.38. The Bertz CT molecular complexity index is 294. The van der Waals surface area contributed by atoms with E-state index in [4.69, 9.17) is 15.3 Å². The number of cyclic esters (lactones) is 1. The van der Waals surface area contributed by atoms with Gasteiger partial charge in [-0.05, 0) is 0 Å². The van der Waals surface area contributed by atoms with E-state index in [1.165, 1.54) is 0 Å². The number of carbonyl (C=O) groups is 3. The van der Waals surface area contributed by atoms with Crippen LogP contribution >= 0.6 is 0 Å². The summed E-state index contributed by atoms with van der Waals surface area (Å²) >= 11 is 0. The van der Waals surface area contributed by atoms with Crippen molar-refractivity contribution in [2.24, 2.45) is 0 Å². The predicted octanol–water partition coefficient (Wildman–Crippen LogP) is -3.46. The predicted molar refractivity (Wildman–Crippen MR) is 31.5 cm³/mol. The second-order valence-corrected chi connectivity index (χ2v) is 2.18. The zero-order chi connectivity index (χ0) is 10.9. The summed E-state index contributed by atoms with van der Waals surface area (Å²) in [6, 6.07) is 0. The molecule has 9 heteroatoms. The minimum absolute atomic E-state index is 1.26. The molecule has 0 aromatic rings. The Hall–Kier alpha value is -1.71. The summed E-state index contributed by atoms with van der Waals surface area (Å²) in [7, 11) is 0. The number of epoxide rings is 1. The van der Waals surface area contributed by atoms with Crippen LogP contribution in [0.15, 0.2) is 0 Å². The normalized spacial score (nSPS) is 24.1. The maximum absolute atomic E-state index is 10.6. The molecule has 1 saturated heterocycles. The molecule has 14 heavy (non-hydrogen) atoms. The number of hydrogen-bond acceptors (Lipinski definition) is 9. The summed E-state index contributed by atoms with van der Waals surface area (Å²) < 4.78 is 3.78. The fraction of sp³-hybridized carbons (Fsp3) is 0.400. The van der Waals surface area contributed by atoms with Crippen LogP contribution in [0.3, 0.4) is 0 Å². The van der Waals surface area contributed by atoms with Crippen LogP contribution in [0.2, 0.25) is 0 Å². The molecular formula is C5H4O9. The van der Waals surface area contributed by atoms with Gasteiger partial charge in [0, 0.05) is 0 Å². The van der Waals surface area contributed by atoms with Crippen LogP contribution in [-0.4, -0.2) is 45.3 Å². The molecule has 0 amide bonds. The van der Waals surface area contributed by atoms with Gasteiger partial charge >= 0.3 is 23.7 Å². The molecule has 9 nitrogen and oxygen atoms in total. The lowest BCUT2D eigenvalue weighted by atomic mass is 10.4. The summed E-state index contributed by atoms with van der Waals surface area (Å²) in [5.41, 5.74) is 0. The van der Waals surface area contributed by atoms with Crippen LogP contribution in [0.5, 0.6) is 0 Å². The molecule has 1 unspecified atom stereocenters. The number of aliphatic hydroxyl groups is 3. The van der Waals surface area contributed by atoms with Crippen LogP contribution in [0.1, 0.15) is 0 Å². The Balaban J connectivity index is 2.37. The largest absolute Gasteiger partial charge is 0.439 e. The van der Waals surface area contributed by atoms with E-state index in [0.29, 0.717) is 0 Å². The standard InChI is InChI=1S/C5H4O9/c6-1(7)2(8)13-14-4(10)5(11)3(9)12-5/h1,6-7,11H. The Morgan fingerprint density at radius 2 is 1.86 bits per heavy atom.